The maximum Gasteiger partial charge on any atom is 0.328 e. The first-order valence-corrected chi connectivity index (χ1v) is 8.04. The number of hydrogen-bond donors (Lipinski definition) is 3. The van der Waals surface area contributed by atoms with Crippen LogP contribution in [0.5, 0.6) is 11.5 Å². The van der Waals surface area contributed by atoms with E-state index in [2.05, 4.69) is 20.7 Å². The number of ether oxygens (including phenoxy) is 2. The maximum atomic E-state index is 12.2. The van der Waals surface area contributed by atoms with Crippen LogP contribution >= 0.6 is 0 Å². The van der Waals surface area contributed by atoms with Gasteiger partial charge in [0, 0.05) is 13.1 Å². The number of carbonyl (C=O) groups excluding carboxylic acids is 2. The van der Waals surface area contributed by atoms with Crippen LogP contribution in [0.2, 0.25) is 0 Å². The molecule has 0 saturated heterocycles. The number of nitrogens with zero attached hydrogens (tertiary/aromatic N) is 2. The van der Waals surface area contributed by atoms with Gasteiger partial charge in [0.2, 0.25) is 5.95 Å². The summed E-state index contributed by atoms with van der Waals surface area (Å²) in [4.78, 5) is 31.8. The van der Waals surface area contributed by atoms with Crippen molar-refractivity contribution in [3.05, 3.63) is 42.5 Å². The van der Waals surface area contributed by atoms with Crippen LogP contribution in [0, 0.1) is 0 Å². The quantitative estimate of drug-likeness (QED) is 0.466. The second-order valence-electron chi connectivity index (χ2n) is 5.60. The summed E-state index contributed by atoms with van der Waals surface area (Å²) in [5.74, 6) is -0.350. The monoisotopic (exact) mass is 369 g/mol. The molecule has 0 atom stereocenters. The number of aromatic nitrogens is 2. The van der Waals surface area contributed by atoms with Gasteiger partial charge in [-0.25, -0.2) is 4.98 Å². The average molecular weight is 369 g/mol. The maximum absolute atomic E-state index is 12.2. The number of imidazole rings is 1. The second kappa shape index (κ2) is 7.65. The molecule has 0 unspecified atom stereocenters. The molecule has 0 radical (unpaired) electrons. The van der Waals surface area contributed by atoms with Crippen molar-refractivity contribution >= 4 is 34.5 Å². The van der Waals surface area contributed by atoms with Gasteiger partial charge >= 0.3 is 11.8 Å². The van der Waals surface area contributed by atoms with Crippen LogP contribution in [0.15, 0.2) is 42.5 Å². The highest BCUT2D eigenvalue weighted by Crippen LogP contribution is 2.28. The number of hydrogen-bond acceptors (Lipinski definition) is 6. The van der Waals surface area contributed by atoms with E-state index in [0.717, 1.165) is 11.0 Å². The summed E-state index contributed by atoms with van der Waals surface area (Å²) >= 11 is 0. The van der Waals surface area contributed by atoms with Crippen LogP contribution in [-0.4, -0.2) is 43.0 Å². The molecule has 1 heterocycles. The molecule has 3 aromatic rings. The fraction of sp³-hybridized carbons (Fsp3) is 0.167. The van der Waals surface area contributed by atoms with Gasteiger partial charge in [-0.05, 0) is 24.3 Å². The van der Waals surface area contributed by atoms with Gasteiger partial charge in [-0.2, -0.15) is 0 Å². The number of anilines is 2. The van der Waals surface area contributed by atoms with Crippen LogP contribution in [-0.2, 0) is 9.59 Å². The van der Waals surface area contributed by atoms with Crippen molar-refractivity contribution in [3.63, 3.8) is 0 Å². The normalized spacial score (nSPS) is 10.3. The first kappa shape index (κ1) is 18.1. The predicted molar refractivity (Wildman–Crippen MR) is 101 cm³/mol. The molecule has 140 valence electrons. The fourth-order valence-corrected chi connectivity index (χ4v) is 2.44. The first-order chi connectivity index (χ1) is 13.0. The molecule has 0 fully saturated rings. The first-order valence-electron chi connectivity index (χ1n) is 8.04. The molecule has 9 heteroatoms. The number of para-hydroxylation sites is 2. The summed E-state index contributed by atoms with van der Waals surface area (Å²) in [7, 11) is 4.56. The Kier molecular flexibility index (Phi) is 5.11. The number of benzene rings is 2. The number of fused-ring (bicyclic) bond motifs is 1. The summed E-state index contributed by atoms with van der Waals surface area (Å²) < 4.78 is 10.3. The zero-order valence-electron chi connectivity index (χ0n) is 15.1. The van der Waals surface area contributed by atoms with Crippen molar-refractivity contribution in [2.45, 2.75) is 0 Å². The van der Waals surface area contributed by atoms with E-state index in [1.54, 1.807) is 25.2 Å². The average Bonchev–Trinajstić information content (AvgIpc) is 3.12. The van der Waals surface area contributed by atoms with Gasteiger partial charge in [0.15, 0.2) is 0 Å². The van der Waals surface area contributed by atoms with Gasteiger partial charge in [0.05, 0.1) is 30.9 Å². The smallest absolute Gasteiger partial charge is 0.328 e. The number of rotatable bonds is 5. The lowest BCUT2D eigenvalue weighted by molar-refractivity contribution is -0.136. The molecule has 3 N–H and O–H groups in total. The molecule has 3 rings (SSSR count). The van der Waals surface area contributed by atoms with E-state index in [4.69, 9.17) is 9.47 Å². The zero-order chi connectivity index (χ0) is 19.4. The van der Waals surface area contributed by atoms with Crippen LogP contribution in [0.25, 0.3) is 11.0 Å². The number of hydrazine groups is 1. The second-order valence-corrected chi connectivity index (χ2v) is 5.60. The standard InChI is InChI=1S/C18H19N5O4/c1-23(18-20-12-6-4-5-7-13(12)21-18)22-17(25)16(24)19-14-9-8-11(26-2)10-15(14)27-3/h4-10H,1-3H3,(H,19,24)(H,20,21)(H,22,25). The van der Waals surface area contributed by atoms with Gasteiger partial charge in [-0.1, -0.05) is 12.1 Å². The van der Waals surface area contributed by atoms with Crippen LogP contribution < -0.4 is 25.2 Å². The molecule has 2 amide bonds. The van der Waals surface area contributed by atoms with Crippen molar-refractivity contribution in [1.82, 2.24) is 15.4 Å². The van der Waals surface area contributed by atoms with Gasteiger partial charge in [-0.3, -0.25) is 20.0 Å². The van der Waals surface area contributed by atoms with E-state index in [-0.39, 0.29) is 0 Å². The van der Waals surface area contributed by atoms with E-state index in [1.165, 1.54) is 19.2 Å². The minimum Gasteiger partial charge on any atom is -0.497 e. The highest BCUT2D eigenvalue weighted by atomic mass is 16.5. The molecule has 27 heavy (non-hydrogen) atoms. The SMILES string of the molecule is COc1ccc(NC(=O)C(=O)NN(C)c2nc3ccccc3[nH]2)c(OC)c1. The Morgan fingerprint density at radius 3 is 2.56 bits per heavy atom. The molecule has 2 aromatic carbocycles. The Balaban J connectivity index is 1.67. The Morgan fingerprint density at radius 1 is 1.07 bits per heavy atom. The minimum absolute atomic E-state index is 0.352. The predicted octanol–water partition coefficient (Wildman–Crippen LogP) is 1.69. The zero-order valence-corrected chi connectivity index (χ0v) is 15.1. The van der Waals surface area contributed by atoms with Crippen LogP contribution in [0.3, 0.4) is 0 Å². The molecule has 9 nitrogen and oxygen atoms in total. The largest absolute Gasteiger partial charge is 0.497 e. The highest BCUT2D eigenvalue weighted by molar-refractivity contribution is 6.40. The van der Waals surface area contributed by atoms with Crippen LogP contribution in [0.4, 0.5) is 11.6 Å². The van der Waals surface area contributed by atoms with Crippen molar-refractivity contribution in [2.24, 2.45) is 0 Å². The van der Waals surface area contributed by atoms with Gasteiger partial charge < -0.3 is 19.8 Å². The summed E-state index contributed by atoms with van der Waals surface area (Å²) in [5, 5.41) is 3.85. The number of nitrogens with one attached hydrogen (secondary N) is 3. The molecule has 0 aliphatic carbocycles. The molecule has 0 aliphatic rings. The van der Waals surface area contributed by atoms with Gasteiger partial charge in [0.25, 0.3) is 0 Å². The number of amides is 2. The van der Waals surface area contributed by atoms with Crippen molar-refractivity contribution in [3.8, 4) is 11.5 Å². The number of carbonyl (C=O) groups is 2. The number of H-pyrrole nitrogens is 1. The Morgan fingerprint density at radius 2 is 1.85 bits per heavy atom. The molecule has 0 bridgehead atoms. The summed E-state index contributed by atoms with van der Waals surface area (Å²) in [6, 6.07) is 12.3. The topological polar surface area (TPSA) is 109 Å². The van der Waals surface area contributed by atoms with E-state index in [1.807, 2.05) is 24.3 Å². The molecular weight excluding hydrogens is 350 g/mol. The van der Waals surface area contributed by atoms with E-state index < -0.39 is 11.8 Å². The lowest BCUT2D eigenvalue weighted by Gasteiger charge is -2.17. The Bertz CT molecular complexity index is 952. The fourth-order valence-electron chi connectivity index (χ4n) is 2.44. The molecule has 0 saturated carbocycles. The van der Waals surface area contributed by atoms with Crippen molar-refractivity contribution < 1.29 is 19.1 Å². The highest BCUT2D eigenvalue weighted by Gasteiger charge is 2.19. The molecule has 0 spiro atoms. The summed E-state index contributed by atoms with van der Waals surface area (Å²) in [6.45, 7) is 0. The lowest BCUT2D eigenvalue weighted by Crippen LogP contribution is -2.45. The summed E-state index contributed by atoms with van der Waals surface area (Å²) in [6.07, 6.45) is 0. The van der Waals surface area contributed by atoms with E-state index >= 15 is 0 Å². The van der Waals surface area contributed by atoms with Crippen LogP contribution in [0.1, 0.15) is 0 Å². The number of aromatic amines is 1. The number of methoxy groups -OCH3 is 2. The minimum atomic E-state index is -0.851. The van der Waals surface area contributed by atoms with Crippen molar-refractivity contribution in [2.75, 3.05) is 31.6 Å². The van der Waals surface area contributed by atoms with Crippen molar-refractivity contribution in [1.29, 1.82) is 0 Å². The third-order valence-electron chi connectivity index (χ3n) is 3.83. The third kappa shape index (κ3) is 3.92. The van der Waals surface area contributed by atoms with Gasteiger partial charge in [0.1, 0.15) is 11.5 Å². The van der Waals surface area contributed by atoms with E-state index in [0.29, 0.717) is 23.1 Å². The van der Waals surface area contributed by atoms with E-state index in [9.17, 15) is 9.59 Å². The Labute approximate surface area is 155 Å². The lowest BCUT2D eigenvalue weighted by atomic mass is 10.2. The molecule has 1 aromatic heterocycles. The summed E-state index contributed by atoms with van der Waals surface area (Å²) in [5.41, 5.74) is 4.38. The third-order valence-corrected chi connectivity index (χ3v) is 3.83. The Hall–Kier alpha value is -3.75. The van der Waals surface area contributed by atoms with Gasteiger partial charge in [-0.15, -0.1) is 0 Å². The molecular formula is C18H19N5O4. The molecule has 0 aliphatic heterocycles.